The molecule has 3 aromatic rings. The lowest BCUT2D eigenvalue weighted by atomic mass is 10.1. The van der Waals surface area contributed by atoms with Crippen molar-refractivity contribution >= 4 is 27.8 Å². The fourth-order valence-corrected chi connectivity index (χ4v) is 2.77. The summed E-state index contributed by atoms with van der Waals surface area (Å²) in [5.41, 5.74) is 7.59. The number of nitrogen functional groups attached to an aromatic ring is 1. The zero-order chi connectivity index (χ0) is 16.6. The Kier molecular flexibility index (Phi) is 5.32. The van der Waals surface area contributed by atoms with Gasteiger partial charge in [0.25, 0.3) is 0 Å². The normalized spacial score (nSPS) is 11.8. The van der Waals surface area contributed by atoms with E-state index in [1.165, 1.54) is 0 Å². The van der Waals surface area contributed by atoms with Gasteiger partial charge in [-0.2, -0.15) is 0 Å². The van der Waals surface area contributed by atoms with Crippen molar-refractivity contribution in [2.45, 2.75) is 39.5 Å². The number of pyridine rings is 1. The number of nitrogens with zero attached hydrogens (tertiary/aromatic N) is 3. The quantitative estimate of drug-likeness (QED) is 0.647. The Morgan fingerprint density at radius 3 is 2.62 bits per heavy atom. The van der Waals surface area contributed by atoms with Crippen LogP contribution < -0.4 is 18.1 Å². The number of imidazole rings is 1. The third kappa shape index (κ3) is 3.45. The van der Waals surface area contributed by atoms with Crippen LogP contribution in [0, 0.1) is 0 Å². The van der Waals surface area contributed by atoms with E-state index in [-0.39, 0.29) is 12.4 Å². The largest absolute Gasteiger partial charge is 1.00 e. The molecule has 3 rings (SSSR count). The Morgan fingerprint density at radius 2 is 1.96 bits per heavy atom. The average Bonchev–Trinajstić information content (AvgIpc) is 2.83. The van der Waals surface area contributed by atoms with E-state index in [1.54, 1.807) is 13.8 Å². The topological polar surface area (TPSA) is 86.2 Å². The average molecular weight is 350 g/mol. The standard InChI is InChI=1S/C17H22N4O2.ClH/c1-4-23-9-13-20-14-15(21(13)10-17(2,3)22)11-7-5-6-8-12(11)19-16(14)18;/h5-8,22H,4,9-10H2,1-3H3,(H2,18,19);1H/p-1. The highest BCUT2D eigenvalue weighted by Crippen LogP contribution is 2.30. The summed E-state index contributed by atoms with van der Waals surface area (Å²) in [6, 6.07) is 7.81. The van der Waals surface area contributed by atoms with E-state index in [2.05, 4.69) is 9.97 Å². The summed E-state index contributed by atoms with van der Waals surface area (Å²) in [6.07, 6.45) is 0. The van der Waals surface area contributed by atoms with Gasteiger partial charge in [-0.25, -0.2) is 9.97 Å². The molecule has 0 saturated heterocycles. The molecule has 1 aromatic carbocycles. The zero-order valence-corrected chi connectivity index (χ0v) is 14.8. The molecule has 0 radical (unpaired) electrons. The van der Waals surface area contributed by atoms with Crippen molar-refractivity contribution in [2.24, 2.45) is 0 Å². The molecule has 0 aliphatic heterocycles. The van der Waals surface area contributed by atoms with Crippen LogP contribution in [0.5, 0.6) is 0 Å². The van der Waals surface area contributed by atoms with Gasteiger partial charge in [-0.05, 0) is 26.8 Å². The van der Waals surface area contributed by atoms with Gasteiger partial charge >= 0.3 is 0 Å². The van der Waals surface area contributed by atoms with Crippen molar-refractivity contribution < 1.29 is 22.3 Å². The molecule has 130 valence electrons. The van der Waals surface area contributed by atoms with E-state index in [0.717, 1.165) is 22.2 Å². The van der Waals surface area contributed by atoms with E-state index in [0.29, 0.717) is 31.1 Å². The smallest absolute Gasteiger partial charge is 0.152 e. The number of rotatable bonds is 5. The Hall–Kier alpha value is -1.89. The highest BCUT2D eigenvalue weighted by Gasteiger charge is 2.22. The Bertz CT molecular complexity index is 855. The minimum absolute atomic E-state index is 0. The molecule has 2 aromatic heterocycles. The predicted octanol–water partition coefficient (Wildman–Crippen LogP) is -0.522. The van der Waals surface area contributed by atoms with Crippen LogP contribution in [-0.2, 0) is 17.9 Å². The molecule has 24 heavy (non-hydrogen) atoms. The molecule has 3 N–H and O–H groups in total. The number of benzene rings is 1. The van der Waals surface area contributed by atoms with Crippen LogP contribution in [0.4, 0.5) is 5.82 Å². The zero-order valence-electron chi connectivity index (χ0n) is 14.1. The second-order valence-corrected chi connectivity index (χ2v) is 6.28. The summed E-state index contributed by atoms with van der Waals surface area (Å²) in [5.74, 6) is 1.14. The molecule has 2 heterocycles. The van der Waals surface area contributed by atoms with Gasteiger partial charge < -0.3 is 32.6 Å². The summed E-state index contributed by atoms with van der Waals surface area (Å²) in [4.78, 5) is 9.06. The molecule has 0 atom stereocenters. The maximum atomic E-state index is 10.3. The third-order valence-electron chi connectivity index (χ3n) is 3.67. The number of para-hydroxylation sites is 1. The van der Waals surface area contributed by atoms with Crippen LogP contribution in [0.15, 0.2) is 24.3 Å². The van der Waals surface area contributed by atoms with E-state index in [4.69, 9.17) is 10.5 Å². The highest BCUT2D eigenvalue weighted by molar-refractivity contribution is 6.06. The van der Waals surface area contributed by atoms with Gasteiger partial charge in [-0.3, -0.25) is 0 Å². The molecule has 6 nitrogen and oxygen atoms in total. The lowest BCUT2D eigenvalue weighted by Crippen LogP contribution is -3.00. The first-order valence-corrected chi connectivity index (χ1v) is 7.74. The van der Waals surface area contributed by atoms with Gasteiger partial charge in [0.2, 0.25) is 0 Å². The van der Waals surface area contributed by atoms with Crippen LogP contribution in [0.25, 0.3) is 21.9 Å². The van der Waals surface area contributed by atoms with Crippen molar-refractivity contribution in [1.29, 1.82) is 0 Å². The van der Waals surface area contributed by atoms with E-state index >= 15 is 0 Å². The van der Waals surface area contributed by atoms with Crippen LogP contribution in [0.1, 0.15) is 26.6 Å². The minimum atomic E-state index is -0.881. The number of aliphatic hydroxyl groups is 1. The fraction of sp³-hybridized carbons (Fsp3) is 0.412. The van der Waals surface area contributed by atoms with Gasteiger partial charge in [0, 0.05) is 12.0 Å². The minimum Gasteiger partial charge on any atom is -1.00 e. The molecule has 0 aliphatic carbocycles. The molecule has 0 fully saturated rings. The molecule has 0 saturated carbocycles. The Balaban J connectivity index is 0.00000208. The number of hydrogen-bond acceptors (Lipinski definition) is 5. The fourth-order valence-electron chi connectivity index (χ4n) is 2.77. The van der Waals surface area contributed by atoms with Crippen LogP contribution in [0.2, 0.25) is 0 Å². The molecule has 0 amide bonds. The van der Waals surface area contributed by atoms with E-state index in [9.17, 15) is 5.11 Å². The lowest BCUT2D eigenvalue weighted by Gasteiger charge is -2.20. The monoisotopic (exact) mass is 349 g/mol. The third-order valence-corrected chi connectivity index (χ3v) is 3.67. The van der Waals surface area contributed by atoms with Gasteiger partial charge in [0.15, 0.2) is 5.82 Å². The number of fused-ring (bicyclic) bond motifs is 3. The number of halogens is 1. The molecule has 0 bridgehead atoms. The molecular weight excluding hydrogens is 328 g/mol. The SMILES string of the molecule is CCOCc1nc2c(N)nc3ccccc3c2n1CC(C)(C)O.[Cl-]. The number of hydrogen-bond donors (Lipinski definition) is 2. The first-order valence-electron chi connectivity index (χ1n) is 7.74. The van der Waals surface area contributed by atoms with Crippen LogP contribution >= 0.6 is 0 Å². The lowest BCUT2D eigenvalue weighted by molar-refractivity contribution is -0.0000159. The van der Waals surface area contributed by atoms with Crippen molar-refractivity contribution in [3.05, 3.63) is 30.1 Å². The van der Waals surface area contributed by atoms with Crippen molar-refractivity contribution in [2.75, 3.05) is 12.3 Å². The first-order chi connectivity index (χ1) is 10.9. The van der Waals surface area contributed by atoms with Crippen LogP contribution in [0.3, 0.4) is 0 Å². The summed E-state index contributed by atoms with van der Waals surface area (Å²) < 4.78 is 7.52. The first kappa shape index (κ1) is 18.4. The van der Waals surface area contributed by atoms with Gasteiger partial charge in [-0.1, -0.05) is 18.2 Å². The van der Waals surface area contributed by atoms with Crippen molar-refractivity contribution in [1.82, 2.24) is 14.5 Å². The Morgan fingerprint density at radius 1 is 1.25 bits per heavy atom. The van der Waals surface area contributed by atoms with Crippen molar-refractivity contribution in [3.63, 3.8) is 0 Å². The summed E-state index contributed by atoms with van der Waals surface area (Å²) in [7, 11) is 0. The summed E-state index contributed by atoms with van der Waals surface area (Å²) in [6.45, 7) is 6.86. The van der Waals surface area contributed by atoms with E-state index in [1.807, 2.05) is 35.8 Å². The number of nitrogens with two attached hydrogens (primary N) is 1. The maximum absolute atomic E-state index is 10.3. The maximum Gasteiger partial charge on any atom is 0.152 e. The number of ether oxygens (including phenoxy) is 1. The predicted molar refractivity (Wildman–Crippen MR) is 91.1 cm³/mol. The second kappa shape index (κ2) is 6.93. The van der Waals surface area contributed by atoms with Gasteiger partial charge in [0.1, 0.15) is 17.9 Å². The molecule has 0 unspecified atom stereocenters. The molecule has 0 spiro atoms. The number of anilines is 1. The van der Waals surface area contributed by atoms with Gasteiger partial charge in [0.05, 0.1) is 23.2 Å². The summed E-state index contributed by atoms with van der Waals surface area (Å²) in [5, 5.41) is 11.3. The Labute approximate surface area is 147 Å². The molecule has 7 heteroatoms. The second-order valence-electron chi connectivity index (χ2n) is 6.28. The van der Waals surface area contributed by atoms with Gasteiger partial charge in [-0.15, -0.1) is 0 Å². The van der Waals surface area contributed by atoms with Crippen molar-refractivity contribution in [3.8, 4) is 0 Å². The molecule has 0 aliphatic rings. The highest BCUT2D eigenvalue weighted by atomic mass is 35.5. The molecular formula is C17H22ClN4O2-. The van der Waals surface area contributed by atoms with Crippen LogP contribution in [-0.4, -0.2) is 31.8 Å². The number of aromatic nitrogens is 3. The van der Waals surface area contributed by atoms with E-state index < -0.39 is 5.60 Å². The summed E-state index contributed by atoms with van der Waals surface area (Å²) >= 11 is 0.